The van der Waals surface area contributed by atoms with Crippen LogP contribution in [0.3, 0.4) is 0 Å². The van der Waals surface area contributed by atoms with Crippen LogP contribution in [0.25, 0.3) is 6.08 Å². The minimum Gasteiger partial charge on any atom is -0.465 e. The lowest BCUT2D eigenvalue weighted by Crippen LogP contribution is -2.10. The topological polar surface area (TPSA) is 55.4 Å². The number of benzene rings is 1. The lowest BCUT2D eigenvalue weighted by molar-refractivity contribution is -0.137. The Labute approximate surface area is 139 Å². The first-order valence-corrected chi connectivity index (χ1v) is 7.51. The van der Waals surface area contributed by atoms with Gasteiger partial charge in [0.2, 0.25) is 5.91 Å². The predicted molar refractivity (Wildman–Crippen MR) is 84.8 cm³/mol. The molecule has 0 bridgehead atoms. The van der Waals surface area contributed by atoms with Gasteiger partial charge in [0.25, 0.3) is 0 Å². The van der Waals surface area contributed by atoms with Crippen molar-refractivity contribution in [1.29, 1.82) is 0 Å². The quantitative estimate of drug-likeness (QED) is 0.660. The van der Waals surface area contributed by atoms with Crippen molar-refractivity contribution in [3.63, 3.8) is 0 Å². The molecule has 0 aliphatic carbocycles. The average Bonchev–Trinajstić information content (AvgIpc) is 3.00. The molecule has 0 saturated carbocycles. The maximum atomic E-state index is 12.5. The van der Waals surface area contributed by atoms with Gasteiger partial charge in [-0.15, -0.1) is 11.3 Å². The first-order chi connectivity index (χ1) is 11.3. The number of rotatable bonds is 4. The first kappa shape index (κ1) is 17.7. The number of esters is 1. The largest absolute Gasteiger partial charge is 0.465 e. The lowest BCUT2D eigenvalue weighted by Gasteiger charge is -2.06. The van der Waals surface area contributed by atoms with Gasteiger partial charge in [-0.3, -0.25) is 4.79 Å². The van der Waals surface area contributed by atoms with Crippen LogP contribution in [0.5, 0.6) is 0 Å². The second-order valence-corrected chi connectivity index (χ2v) is 5.51. The third-order valence-corrected chi connectivity index (χ3v) is 3.85. The molecule has 0 unspecified atom stereocenters. The summed E-state index contributed by atoms with van der Waals surface area (Å²) in [7, 11) is 1.23. The predicted octanol–water partition coefficient (Wildman–Crippen LogP) is 4.21. The van der Waals surface area contributed by atoms with Gasteiger partial charge in [-0.25, -0.2) is 4.79 Å². The van der Waals surface area contributed by atoms with Crippen LogP contribution in [0, 0.1) is 0 Å². The lowest BCUT2D eigenvalue weighted by atomic mass is 10.1. The molecule has 4 nitrogen and oxygen atoms in total. The van der Waals surface area contributed by atoms with Gasteiger partial charge in [0, 0.05) is 6.08 Å². The van der Waals surface area contributed by atoms with Crippen LogP contribution in [0.2, 0.25) is 0 Å². The number of alkyl halides is 3. The molecular formula is C16H12F3NO3S. The molecule has 0 spiro atoms. The highest BCUT2D eigenvalue weighted by molar-refractivity contribution is 7.12. The van der Waals surface area contributed by atoms with Crippen LogP contribution in [0.4, 0.5) is 18.9 Å². The number of carbonyl (C=O) groups is 2. The number of methoxy groups -OCH3 is 1. The average molecular weight is 355 g/mol. The zero-order chi connectivity index (χ0) is 17.7. The van der Waals surface area contributed by atoms with E-state index >= 15 is 0 Å². The van der Waals surface area contributed by atoms with Gasteiger partial charge >= 0.3 is 12.1 Å². The van der Waals surface area contributed by atoms with E-state index in [1.54, 1.807) is 11.4 Å². The first-order valence-electron chi connectivity index (χ1n) is 6.63. The molecule has 24 heavy (non-hydrogen) atoms. The van der Waals surface area contributed by atoms with Crippen LogP contribution in [-0.4, -0.2) is 19.0 Å². The maximum Gasteiger partial charge on any atom is 0.416 e. The van der Waals surface area contributed by atoms with Crippen molar-refractivity contribution < 1.29 is 27.5 Å². The molecule has 1 aromatic heterocycles. The van der Waals surface area contributed by atoms with Crippen LogP contribution in [0.15, 0.2) is 41.8 Å². The summed E-state index contributed by atoms with van der Waals surface area (Å²) < 4.78 is 42.0. The molecule has 0 aliphatic heterocycles. The molecule has 0 saturated heterocycles. The fraction of sp³-hybridized carbons (Fsp3) is 0.125. The zero-order valence-electron chi connectivity index (χ0n) is 12.4. The van der Waals surface area contributed by atoms with Gasteiger partial charge in [-0.1, -0.05) is 12.1 Å². The standard InChI is InChI=1S/C16H12F3NO3S/c1-23-15(22)14-12(8-9-24-14)20-13(21)7-4-10-2-5-11(6-3-10)16(17,18)19/h2-9H,1H3,(H,20,21)/b7-4+. The van der Waals surface area contributed by atoms with E-state index in [0.29, 0.717) is 11.3 Å². The van der Waals surface area contributed by atoms with Crippen LogP contribution in [0.1, 0.15) is 20.8 Å². The zero-order valence-corrected chi connectivity index (χ0v) is 13.2. The number of thiophene rings is 1. The summed E-state index contributed by atoms with van der Waals surface area (Å²) >= 11 is 1.12. The van der Waals surface area contributed by atoms with Crippen molar-refractivity contribution in [2.24, 2.45) is 0 Å². The number of amides is 1. The van der Waals surface area contributed by atoms with E-state index in [1.807, 2.05) is 0 Å². The van der Waals surface area contributed by atoms with Gasteiger partial charge in [-0.2, -0.15) is 13.2 Å². The molecule has 126 valence electrons. The fourth-order valence-electron chi connectivity index (χ4n) is 1.79. The monoisotopic (exact) mass is 355 g/mol. The van der Waals surface area contributed by atoms with Gasteiger partial charge < -0.3 is 10.1 Å². The van der Waals surface area contributed by atoms with Crippen molar-refractivity contribution in [2.75, 3.05) is 12.4 Å². The van der Waals surface area contributed by atoms with Crippen molar-refractivity contribution in [3.8, 4) is 0 Å². The molecule has 0 atom stereocenters. The van der Waals surface area contributed by atoms with Gasteiger partial charge in [0.15, 0.2) is 0 Å². The number of ether oxygens (including phenoxy) is 1. The number of halogens is 3. The Morgan fingerprint density at radius 3 is 2.42 bits per heavy atom. The molecule has 0 radical (unpaired) electrons. The molecule has 2 aromatic rings. The summed E-state index contributed by atoms with van der Waals surface area (Å²) in [5.74, 6) is -1.08. The highest BCUT2D eigenvalue weighted by Gasteiger charge is 2.29. The molecule has 1 amide bonds. The molecule has 1 N–H and O–H groups in total. The van der Waals surface area contributed by atoms with Crippen molar-refractivity contribution in [3.05, 3.63) is 57.8 Å². The summed E-state index contributed by atoms with van der Waals surface area (Å²) in [5.41, 5.74) is -0.00401. The van der Waals surface area contributed by atoms with Crippen molar-refractivity contribution in [2.45, 2.75) is 6.18 Å². The van der Waals surface area contributed by atoms with Crippen LogP contribution < -0.4 is 5.32 Å². The third kappa shape index (κ3) is 4.45. The van der Waals surface area contributed by atoms with E-state index < -0.39 is 23.6 Å². The molecule has 0 aliphatic rings. The molecule has 0 fully saturated rings. The third-order valence-electron chi connectivity index (χ3n) is 2.96. The second kappa shape index (κ2) is 7.31. The minimum atomic E-state index is -4.40. The van der Waals surface area contributed by atoms with Gasteiger partial charge in [0.05, 0.1) is 18.4 Å². The number of anilines is 1. The molecule has 1 heterocycles. The van der Waals surface area contributed by atoms with Gasteiger partial charge in [-0.05, 0) is 35.2 Å². The van der Waals surface area contributed by atoms with E-state index in [-0.39, 0.29) is 4.88 Å². The SMILES string of the molecule is COC(=O)c1sccc1NC(=O)/C=C/c1ccc(C(F)(F)F)cc1. The van der Waals surface area contributed by atoms with E-state index in [1.165, 1.54) is 31.4 Å². The molecular weight excluding hydrogens is 343 g/mol. The number of carbonyl (C=O) groups excluding carboxylic acids is 2. The minimum absolute atomic E-state index is 0.258. The van der Waals surface area contributed by atoms with Crippen molar-refractivity contribution >= 4 is 35.0 Å². The summed E-state index contributed by atoms with van der Waals surface area (Å²) in [5, 5.41) is 4.14. The number of hydrogen-bond acceptors (Lipinski definition) is 4. The highest BCUT2D eigenvalue weighted by atomic mass is 32.1. The molecule has 8 heteroatoms. The van der Waals surface area contributed by atoms with Crippen LogP contribution >= 0.6 is 11.3 Å². The van der Waals surface area contributed by atoms with E-state index in [9.17, 15) is 22.8 Å². The molecule has 1 aromatic carbocycles. The van der Waals surface area contributed by atoms with E-state index in [4.69, 9.17) is 0 Å². The van der Waals surface area contributed by atoms with E-state index in [2.05, 4.69) is 10.1 Å². The maximum absolute atomic E-state index is 12.5. The summed E-state index contributed by atoms with van der Waals surface area (Å²) in [6.45, 7) is 0. The summed E-state index contributed by atoms with van der Waals surface area (Å²) in [4.78, 5) is 23.6. The normalized spacial score (nSPS) is 11.5. The smallest absolute Gasteiger partial charge is 0.416 e. The Morgan fingerprint density at radius 2 is 1.83 bits per heavy atom. The number of hydrogen-bond donors (Lipinski definition) is 1. The van der Waals surface area contributed by atoms with Crippen LogP contribution in [-0.2, 0) is 15.7 Å². The van der Waals surface area contributed by atoms with E-state index in [0.717, 1.165) is 23.5 Å². The summed E-state index contributed by atoms with van der Waals surface area (Å²) in [6.07, 6.45) is -1.86. The Bertz CT molecular complexity index is 764. The van der Waals surface area contributed by atoms with Gasteiger partial charge in [0.1, 0.15) is 4.88 Å². The Balaban J connectivity index is 2.03. The highest BCUT2D eigenvalue weighted by Crippen LogP contribution is 2.29. The Morgan fingerprint density at radius 1 is 1.17 bits per heavy atom. The Kier molecular flexibility index (Phi) is 5.40. The second-order valence-electron chi connectivity index (χ2n) is 4.60. The fourth-order valence-corrected chi connectivity index (χ4v) is 2.55. The Hall–Kier alpha value is -2.61. The van der Waals surface area contributed by atoms with Crippen molar-refractivity contribution in [1.82, 2.24) is 0 Å². The molecule has 2 rings (SSSR count). The summed E-state index contributed by atoms with van der Waals surface area (Å²) in [6, 6.07) is 5.95. The number of nitrogens with one attached hydrogen (secondary N) is 1.